The molecule has 8 nitrogen and oxygen atoms in total. The largest absolute Gasteiger partial charge is 0.464 e. The molecule has 25 heavy (non-hydrogen) atoms. The van der Waals surface area contributed by atoms with Crippen molar-refractivity contribution < 1.29 is 19.1 Å². The molecule has 0 radical (unpaired) electrons. The number of aromatic nitrogens is 2. The number of nitrogens with zero attached hydrogens (tertiary/aromatic N) is 3. The first-order valence-corrected chi connectivity index (χ1v) is 8.60. The quantitative estimate of drug-likeness (QED) is 0.839. The van der Waals surface area contributed by atoms with Gasteiger partial charge in [0.15, 0.2) is 5.69 Å². The number of esters is 1. The lowest BCUT2D eigenvalue weighted by Gasteiger charge is -2.33. The summed E-state index contributed by atoms with van der Waals surface area (Å²) in [6.07, 6.45) is 1.09. The lowest BCUT2D eigenvalue weighted by atomic mass is 9.89. The Morgan fingerprint density at radius 1 is 1.28 bits per heavy atom. The maximum atomic E-state index is 12.2. The van der Waals surface area contributed by atoms with E-state index in [-0.39, 0.29) is 17.7 Å². The predicted octanol–water partition coefficient (Wildman–Crippen LogP) is 2.39. The molecule has 1 aromatic rings. The SMILES string of the molecule is CCn1nc(C(=O)OC)c(C2CCN(C(=O)OC(C)(C)C)CC2)c1N. The predicted molar refractivity (Wildman–Crippen MR) is 93.4 cm³/mol. The van der Waals surface area contributed by atoms with E-state index < -0.39 is 11.6 Å². The van der Waals surface area contributed by atoms with Gasteiger partial charge in [0, 0.05) is 25.2 Å². The summed E-state index contributed by atoms with van der Waals surface area (Å²) in [5.41, 5.74) is 6.70. The maximum Gasteiger partial charge on any atom is 0.410 e. The van der Waals surface area contributed by atoms with Crippen LogP contribution in [0.3, 0.4) is 0 Å². The average Bonchev–Trinajstić information content (AvgIpc) is 2.89. The molecule has 2 heterocycles. The summed E-state index contributed by atoms with van der Waals surface area (Å²) in [4.78, 5) is 25.9. The van der Waals surface area contributed by atoms with Crippen LogP contribution in [0.15, 0.2) is 0 Å². The number of piperidine rings is 1. The van der Waals surface area contributed by atoms with Crippen molar-refractivity contribution in [3.05, 3.63) is 11.3 Å². The first kappa shape index (κ1) is 19.1. The van der Waals surface area contributed by atoms with Crippen molar-refractivity contribution in [2.75, 3.05) is 25.9 Å². The van der Waals surface area contributed by atoms with Crippen molar-refractivity contribution in [2.24, 2.45) is 0 Å². The van der Waals surface area contributed by atoms with E-state index in [1.807, 2.05) is 27.7 Å². The van der Waals surface area contributed by atoms with Gasteiger partial charge < -0.3 is 20.1 Å². The van der Waals surface area contributed by atoms with Crippen molar-refractivity contribution in [1.29, 1.82) is 0 Å². The van der Waals surface area contributed by atoms with Gasteiger partial charge in [-0.05, 0) is 46.5 Å². The summed E-state index contributed by atoms with van der Waals surface area (Å²) in [6, 6.07) is 0. The fraction of sp³-hybridized carbons (Fsp3) is 0.706. The first-order chi connectivity index (χ1) is 11.7. The molecule has 0 unspecified atom stereocenters. The topological polar surface area (TPSA) is 99.7 Å². The number of nitrogens with two attached hydrogens (primary N) is 1. The molecule has 0 saturated carbocycles. The van der Waals surface area contributed by atoms with Gasteiger partial charge in [-0.1, -0.05) is 0 Å². The Bertz CT molecular complexity index is 640. The molecule has 0 aromatic carbocycles. The van der Waals surface area contributed by atoms with Crippen LogP contribution in [0.1, 0.15) is 62.5 Å². The molecule has 1 amide bonds. The average molecular weight is 352 g/mol. The van der Waals surface area contributed by atoms with Crippen molar-refractivity contribution in [3.8, 4) is 0 Å². The number of anilines is 1. The summed E-state index contributed by atoms with van der Waals surface area (Å²) >= 11 is 0. The van der Waals surface area contributed by atoms with Gasteiger partial charge in [-0.2, -0.15) is 5.10 Å². The number of hydrogen-bond acceptors (Lipinski definition) is 6. The summed E-state index contributed by atoms with van der Waals surface area (Å²) in [7, 11) is 1.33. The number of aryl methyl sites for hydroxylation is 1. The third-order valence-electron chi connectivity index (χ3n) is 4.26. The van der Waals surface area contributed by atoms with Gasteiger partial charge in [0.1, 0.15) is 11.4 Å². The molecular formula is C17H28N4O4. The minimum atomic E-state index is -0.515. The minimum Gasteiger partial charge on any atom is -0.464 e. The molecule has 1 aromatic heterocycles. The van der Waals surface area contributed by atoms with E-state index >= 15 is 0 Å². The molecule has 1 fully saturated rings. The van der Waals surface area contributed by atoms with Gasteiger partial charge in [0.05, 0.1) is 7.11 Å². The number of nitrogen functional groups attached to an aromatic ring is 1. The Kier molecular flexibility index (Phi) is 5.59. The van der Waals surface area contributed by atoms with Crippen LogP contribution < -0.4 is 5.73 Å². The third-order valence-corrected chi connectivity index (χ3v) is 4.26. The molecule has 0 bridgehead atoms. The number of amides is 1. The van der Waals surface area contributed by atoms with Crippen LogP contribution in [0.25, 0.3) is 0 Å². The van der Waals surface area contributed by atoms with Gasteiger partial charge in [0.2, 0.25) is 0 Å². The second kappa shape index (κ2) is 7.33. The maximum absolute atomic E-state index is 12.2. The van der Waals surface area contributed by atoms with Crippen LogP contribution >= 0.6 is 0 Å². The minimum absolute atomic E-state index is 0.0630. The van der Waals surface area contributed by atoms with Gasteiger partial charge in [-0.25, -0.2) is 14.3 Å². The van der Waals surface area contributed by atoms with Crippen LogP contribution in [0, 0.1) is 0 Å². The number of ether oxygens (including phenoxy) is 2. The van der Waals surface area contributed by atoms with Crippen LogP contribution in [0.5, 0.6) is 0 Å². The lowest BCUT2D eigenvalue weighted by molar-refractivity contribution is 0.0204. The van der Waals surface area contributed by atoms with E-state index in [9.17, 15) is 9.59 Å². The zero-order valence-electron chi connectivity index (χ0n) is 15.7. The Morgan fingerprint density at radius 2 is 1.88 bits per heavy atom. The standard InChI is InChI=1S/C17H28N4O4/c1-6-21-14(18)12(13(19-21)15(22)24-5)11-7-9-20(10-8-11)16(23)25-17(2,3)4/h11H,6-10,18H2,1-5H3. The fourth-order valence-electron chi connectivity index (χ4n) is 3.06. The van der Waals surface area contributed by atoms with Crippen molar-refractivity contribution in [2.45, 2.75) is 58.6 Å². The fourth-order valence-corrected chi connectivity index (χ4v) is 3.06. The van der Waals surface area contributed by atoms with Gasteiger partial charge in [0.25, 0.3) is 0 Å². The second-order valence-electron chi connectivity index (χ2n) is 7.20. The normalized spacial score (nSPS) is 16.0. The van der Waals surface area contributed by atoms with Crippen molar-refractivity contribution in [1.82, 2.24) is 14.7 Å². The molecule has 140 valence electrons. The van der Waals surface area contributed by atoms with Crippen LogP contribution in [-0.2, 0) is 16.0 Å². The van der Waals surface area contributed by atoms with Crippen LogP contribution in [0.2, 0.25) is 0 Å². The molecular weight excluding hydrogens is 324 g/mol. The molecule has 1 aliphatic rings. The number of hydrogen-bond donors (Lipinski definition) is 1. The lowest BCUT2D eigenvalue weighted by Crippen LogP contribution is -2.41. The zero-order valence-corrected chi connectivity index (χ0v) is 15.7. The summed E-state index contributed by atoms with van der Waals surface area (Å²) < 4.78 is 11.9. The van der Waals surface area contributed by atoms with E-state index in [1.54, 1.807) is 9.58 Å². The smallest absolute Gasteiger partial charge is 0.410 e. The highest BCUT2D eigenvalue weighted by Crippen LogP contribution is 2.35. The second-order valence-corrected chi connectivity index (χ2v) is 7.20. The molecule has 8 heteroatoms. The highest BCUT2D eigenvalue weighted by atomic mass is 16.6. The molecule has 0 spiro atoms. The number of likely N-dealkylation sites (tertiary alicyclic amines) is 1. The van der Waals surface area contributed by atoms with Gasteiger partial charge >= 0.3 is 12.1 Å². The molecule has 2 rings (SSSR count). The highest BCUT2D eigenvalue weighted by molar-refractivity contribution is 5.90. The summed E-state index contributed by atoms with van der Waals surface area (Å²) in [5, 5.41) is 4.29. The Labute approximate surface area is 148 Å². The van der Waals surface area contributed by atoms with E-state index in [1.165, 1.54) is 7.11 Å². The monoisotopic (exact) mass is 352 g/mol. The van der Waals surface area contributed by atoms with E-state index in [4.69, 9.17) is 15.2 Å². The van der Waals surface area contributed by atoms with Crippen molar-refractivity contribution >= 4 is 17.9 Å². The summed E-state index contributed by atoms with van der Waals surface area (Å²) in [6.45, 7) is 9.14. The number of rotatable bonds is 3. The van der Waals surface area contributed by atoms with Gasteiger partial charge in [-0.3, -0.25) is 0 Å². The first-order valence-electron chi connectivity index (χ1n) is 8.60. The third kappa shape index (κ3) is 4.24. The molecule has 0 atom stereocenters. The Hall–Kier alpha value is -2.25. The van der Waals surface area contributed by atoms with Crippen LogP contribution in [-0.4, -0.2) is 52.5 Å². The highest BCUT2D eigenvalue weighted by Gasteiger charge is 2.33. The van der Waals surface area contributed by atoms with Crippen molar-refractivity contribution in [3.63, 3.8) is 0 Å². The van der Waals surface area contributed by atoms with Gasteiger partial charge in [-0.15, -0.1) is 0 Å². The Balaban J connectivity index is 2.14. The Morgan fingerprint density at radius 3 is 2.36 bits per heavy atom. The van der Waals surface area contributed by atoms with E-state index in [2.05, 4.69) is 5.10 Å². The zero-order chi connectivity index (χ0) is 18.8. The molecule has 1 saturated heterocycles. The summed E-state index contributed by atoms with van der Waals surface area (Å²) in [5.74, 6) is 0.0789. The van der Waals surface area contributed by atoms with E-state index in [0.29, 0.717) is 38.3 Å². The number of carbonyl (C=O) groups is 2. The van der Waals surface area contributed by atoms with Crippen LogP contribution in [0.4, 0.5) is 10.6 Å². The number of methoxy groups -OCH3 is 1. The number of carbonyl (C=O) groups excluding carboxylic acids is 2. The van der Waals surface area contributed by atoms with E-state index in [0.717, 1.165) is 5.56 Å². The molecule has 0 aliphatic carbocycles. The molecule has 1 aliphatic heterocycles. The molecule has 2 N–H and O–H groups in total.